The second-order valence-corrected chi connectivity index (χ2v) is 2.89. The summed E-state index contributed by atoms with van der Waals surface area (Å²) in [5.41, 5.74) is 5.60. The molecule has 0 spiro atoms. The number of aliphatic hydroxyl groups is 1. The number of rotatable bonds is 4. The Kier molecular flexibility index (Phi) is 3.60. The first-order valence-corrected chi connectivity index (χ1v) is 4.15. The van der Waals surface area contributed by atoms with Crippen LogP contribution in [0.15, 0.2) is 18.3 Å². The highest BCUT2D eigenvalue weighted by molar-refractivity contribution is 5.31. The molecule has 1 aromatic rings. The number of hydrogen-bond acceptors (Lipinski definition) is 5. The normalized spacial score (nSPS) is 15.0. The second kappa shape index (κ2) is 4.74. The van der Waals surface area contributed by atoms with E-state index in [4.69, 9.17) is 10.8 Å². The van der Waals surface area contributed by atoms with Gasteiger partial charge in [-0.3, -0.25) is 0 Å². The molecule has 72 valence electrons. The number of hydrogen-bond donors (Lipinski definition) is 3. The van der Waals surface area contributed by atoms with E-state index in [0.717, 1.165) is 0 Å². The number of aliphatic hydroxyl groups excluding tert-OH is 1. The molecule has 5 nitrogen and oxygen atoms in total. The Balaban J connectivity index is 2.35. The van der Waals surface area contributed by atoms with Crippen LogP contribution in [-0.4, -0.2) is 34.0 Å². The summed E-state index contributed by atoms with van der Waals surface area (Å²) in [4.78, 5) is 0. The second-order valence-electron chi connectivity index (χ2n) is 2.89. The molecule has 0 aliphatic carbocycles. The number of nitrogens with one attached hydrogen (secondary N) is 1. The van der Waals surface area contributed by atoms with Gasteiger partial charge >= 0.3 is 0 Å². The van der Waals surface area contributed by atoms with Crippen LogP contribution >= 0.6 is 0 Å². The van der Waals surface area contributed by atoms with Crippen LogP contribution in [0.5, 0.6) is 0 Å². The van der Waals surface area contributed by atoms with Crippen molar-refractivity contribution in [3.05, 3.63) is 18.3 Å². The minimum Gasteiger partial charge on any atom is -0.392 e. The summed E-state index contributed by atoms with van der Waals surface area (Å²) in [6, 6.07) is 3.28. The molecule has 0 bridgehead atoms. The third-order valence-corrected chi connectivity index (χ3v) is 1.71. The molecule has 0 saturated carbocycles. The number of anilines is 1. The predicted molar refractivity (Wildman–Crippen MR) is 50.2 cm³/mol. The fourth-order valence-electron chi connectivity index (χ4n) is 0.789. The van der Waals surface area contributed by atoms with Gasteiger partial charge in [0.25, 0.3) is 0 Å². The van der Waals surface area contributed by atoms with Crippen LogP contribution in [0.2, 0.25) is 0 Å². The molecule has 0 amide bonds. The van der Waals surface area contributed by atoms with Crippen LogP contribution in [0.1, 0.15) is 6.92 Å². The Morgan fingerprint density at radius 2 is 2.46 bits per heavy atom. The van der Waals surface area contributed by atoms with Crippen molar-refractivity contribution in [2.24, 2.45) is 5.73 Å². The molecule has 4 N–H and O–H groups in total. The van der Waals surface area contributed by atoms with E-state index in [1.54, 1.807) is 25.3 Å². The molecule has 0 aliphatic heterocycles. The largest absolute Gasteiger partial charge is 0.392 e. The molecular formula is C8H14N4O. The average Bonchev–Trinajstić information content (AvgIpc) is 2.15. The van der Waals surface area contributed by atoms with Gasteiger partial charge < -0.3 is 16.2 Å². The van der Waals surface area contributed by atoms with Gasteiger partial charge in [-0.15, -0.1) is 5.10 Å². The summed E-state index contributed by atoms with van der Waals surface area (Å²) in [5, 5.41) is 19.6. The number of nitrogens with two attached hydrogens (primary N) is 1. The van der Waals surface area contributed by atoms with Gasteiger partial charge in [0, 0.05) is 18.8 Å². The average molecular weight is 182 g/mol. The molecule has 0 aliphatic rings. The maximum absolute atomic E-state index is 9.10. The maximum Gasteiger partial charge on any atom is 0.148 e. The molecule has 0 aromatic carbocycles. The Labute approximate surface area is 77.0 Å². The fraction of sp³-hybridized carbons (Fsp3) is 0.500. The van der Waals surface area contributed by atoms with Crippen LogP contribution in [0, 0.1) is 0 Å². The van der Waals surface area contributed by atoms with E-state index >= 15 is 0 Å². The molecule has 2 atom stereocenters. The van der Waals surface area contributed by atoms with Crippen LogP contribution in [0.3, 0.4) is 0 Å². The Morgan fingerprint density at radius 1 is 1.69 bits per heavy atom. The minimum atomic E-state index is -0.524. The van der Waals surface area contributed by atoms with Gasteiger partial charge in [-0.25, -0.2) is 0 Å². The minimum absolute atomic E-state index is 0.290. The smallest absolute Gasteiger partial charge is 0.148 e. The van der Waals surface area contributed by atoms with Crippen molar-refractivity contribution >= 4 is 5.82 Å². The van der Waals surface area contributed by atoms with E-state index in [0.29, 0.717) is 12.4 Å². The molecule has 13 heavy (non-hydrogen) atoms. The standard InChI is InChI=1S/C8H14N4O/c1-6(13)7(9)5-10-8-3-2-4-11-12-8/h2-4,6-7,13H,5,9H2,1H3,(H,10,12). The SMILES string of the molecule is CC(O)C(N)CNc1cccnn1. The molecular weight excluding hydrogens is 168 g/mol. The molecule has 0 fully saturated rings. The zero-order chi connectivity index (χ0) is 9.68. The van der Waals surface area contributed by atoms with Crippen molar-refractivity contribution in [1.29, 1.82) is 0 Å². The Morgan fingerprint density at radius 3 is 3.00 bits per heavy atom. The van der Waals surface area contributed by atoms with E-state index in [2.05, 4.69) is 15.5 Å². The van der Waals surface area contributed by atoms with Gasteiger partial charge in [0.2, 0.25) is 0 Å². The lowest BCUT2D eigenvalue weighted by molar-refractivity contribution is 0.168. The van der Waals surface area contributed by atoms with Gasteiger partial charge in [-0.1, -0.05) is 0 Å². The van der Waals surface area contributed by atoms with Crippen LogP contribution in [0.4, 0.5) is 5.82 Å². The van der Waals surface area contributed by atoms with Crippen molar-refractivity contribution in [3.8, 4) is 0 Å². The first-order valence-electron chi connectivity index (χ1n) is 4.15. The third-order valence-electron chi connectivity index (χ3n) is 1.71. The highest BCUT2D eigenvalue weighted by Crippen LogP contribution is 1.98. The van der Waals surface area contributed by atoms with Crippen molar-refractivity contribution in [3.63, 3.8) is 0 Å². The predicted octanol–water partition coefficient (Wildman–Crippen LogP) is -0.403. The van der Waals surface area contributed by atoms with Crippen LogP contribution < -0.4 is 11.1 Å². The number of nitrogens with zero attached hydrogens (tertiary/aromatic N) is 2. The fourth-order valence-corrected chi connectivity index (χ4v) is 0.789. The highest BCUT2D eigenvalue weighted by Gasteiger charge is 2.08. The zero-order valence-electron chi connectivity index (χ0n) is 7.51. The lowest BCUT2D eigenvalue weighted by Crippen LogP contribution is -2.38. The van der Waals surface area contributed by atoms with Gasteiger partial charge in [0.05, 0.1) is 6.10 Å². The summed E-state index contributed by atoms with van der Waals surface area (Å²) >= 11 is 0. The molecule has 0 saturated heterocycles. The topological polar surface area (TPSA) is 84.1 Å². The quantitative estimate of drug-likeness (QED) is 0.590. The van der Waals surface area contributed by atoms with Gasteiger partial charge in [0.1, 0.15) is 5.82 Å². The van der Waals surface area contributed by atoms with Crippen molar-refractivity contribution in [1.82, 2.24) is 10.2 Å². The maximum atomic E-state index is 9.10. The molecule has 1 rings (SSSR count). The zero-order valence-corrected chi connectivity index (χ0v) is 7.51. The first-order chi connectivity index (χ1) is 6.20. The highest BCUT2D eigenvalue weighted by atomic mass is 16.3. The van der Waals surface area contributed by atoms with E-state index in [1.807, 2.05) is 0 Å². The molecule has 5 heteroatoms. The third kappa shape index (κ3) is 3.35. The van der Waals surface area contributed by atoms with E-state index in [9.17, 15) is 0 Å². The van der Waals surface area contributed by atoms with Gasteiger partial charge in [-0.2, -0.15) is 5.10 Å². The van der Waals surface area contributed by atoms with E-state index < -0.39 is 6.10 Å². The van der Waals surface area contributed by atoms with Crippen LogP contribution in [-0.2, 0) is 0 Å². The monoisotopic (exact) mass is 182 g/mol. The van der Waals surface area contributed by atoms with Crippen molar-refractivity contribution in [2.45, 2.75) is 19.1 Å². The Hall–Kier alpha value is -1.20. The number of aromatic nitrogens is 2. The van der Waals surface area contributed by atoms with Crippen molar-refractivity contribution < 1.29 is 5.11 Å². The first kappa shape index (κ1) is 9.88. The summed E-state index contributed by atoms with van der Waals surface area (Å²) < 4.78 is 0. The molecule has 0 radical (unpaired) electrons. The van der Waals surface area contributed by atoms with E-state index in [-0.39, 0.29) is 6.04 Å². The summed E-state index contributed by atoms with van der Waals surface area (Å²) in [5.74, 6) is 0.665. The van der Waals surface area contributed by atoms with Gasteiger partial charge in [-0.05, 0) is 19.1 Å². The van der Waals surface area contributed by atoms with Crippen molar-refractivity contribution in [2.75, 3.05) is 11.9 Å². The van der Waals surface area contributed by atoms with Crippen LogP contribution in [0.25, 0.3) is 0 Å². The molecule has 1 aromatic heterocycles. The van der Waals surface area contributed by atoms with Gasteiger partial charge in [0.15, 0.2) is 0 Å². The lowest BCUT2D eigenvalue weighted by atomic mass is 10.2. The summed E-state index contributed by atoms with van der Waals surface area (Å²) in [6.45, 7) is 2.14. The summed E-state index contributed by atoms with van der Waals surface area (Å²) in [6.07, 6.45) is 1.07. The molecule has 1 heterocycles. The Bertz CT molecular complexity index is 239. The van der Waals surface area contributed by atoms with E-state index in [1.165, 1.54) is 0 Å². The summed E-state index contributed by atoms with van der Waals surface area (Å²) in [7, 11) is 0. The lowest BCUT2D eigenvalue weighted by Gasteiger charge is -2.14. The molecule has 2 unspecified atom stereocenters.